The van der Waals surface area contributed by atoms with Crippen LogP contribution in [0.15, 0.2) is 18.2 Å². The van der Waals surface area contributed by atoms with E-state index in [1.807, 2.05) is 18.2 Å². The molecule has 1 aromatic carbocycles. The van der Waals surface area contributed by atoms with E-state index in [4.69, 9.17) is 4.74 Å². The van der Waals surface area contributed by atoms with Crippen LogP contribution in [-0.4, -0.2) is 23.8 Å². The topological polar surface area (TPSA) is 55.4 Å². The highest BCUT2D eigenvalue weighted by Crippen LogP contribution is 2.31. The molecule has 1 fully saturated rings. The van der Waals surface area contributed by atoms with Gasteiger partial charge in [0, 0.05) is 23.6 Å². The number of benzene rings is 1. The smallest absolute Gasteiger partial charge is 0.260 e. The summed E-state index contributed by atoms with van der Waals surface area (Å²) >= 11 is 0. The van der Waals surface area contributed by atoms with Crippen LogP contribution in [0.4, 0.5) is 0 Å². The summed E-state index contributed by atoms with van der Waals surface area (Å²) in [6.45, 7) is 1.76. The molecule has 112 valence electrons. The Labute approximate surface area is 124 Å². The van der Waals surface area contributed by atoms with Crippen LogP contribution in [0.5, 0.6) is 5.75 Å². The monoisotopic (exact) mass is 287 g/mol. The average Bonchev–Trinajstić information content (AvgIpc) is 3.10. The second-order valence-electron chi connectivity index (χ2n) is 5.96. The third-order valence-electron chi connectivity index (χ3n) is 4.41. The molecule has 4 nitrogen and oxygen atoms in total. The zero-order valence-electron chi connectivity index (χ0n) is 12.4. The number of ketones is 1. The molecule has 2 aliphatic carbocycles. The maximum atomic E-state index is 12.2. The van der Waals surface area contributed by atoms with Gasteiger partial charge < -0.3 is 10.1 Å². The second-order valence-corrected chi connectivity index (χ2v) is 5.96. The summed E-state index contributed by atoms with van der Waals surface area (Å²) in [4.78, 5) is 23.9. The van der Waals surface area contributed by atoms with Gasteiger partial charge in [0.1, 0.15) is 5.75 Å². The molecule has 0 bridgehead atoms. The Bertz CT molecular complexity index is 561. The van der Waals surface area contributed by atoms with Crippen molar-refractivity contribution in [2.45, 2.75) is 57.6 Å². The molecule has 1 unspecified atom stereocenters. The summed E-state index contributed by atoms with van der Waals surface area (Å²) in [7, 11) is 0. The molecule has 1 amide bonds. The molecule has 2 aliphatic rings. The van der Waals surface area contributed by atoms with Crippen LogP contribution in [0, 0.1) is 0 Å². The summed E-state index contributed by atoms with van der Waals surface area (Å²) in [5.74, 6) is 0.773. The first-order valence-corrected chi connectivity index (χ1v) is 7.77. The standard InChI is InChI=1S/C17H21NO3/c1-11(17(20)18-12-5-2-3-6-12)21-16-8-4-7-13-14(16)9-10-15(13)19/h4,7-8,11-12H,2-3,5-6,9-10H2,1H3,(H,18,20). The van der Waals surface area contributed by atoms with Gasteiger partial charge >= 0.3 is 0 Å². The Kier molecular flexibility index (Phi) is 3.95. The van der Waals surface area contributed by atoms with Crippen molar-refractivity contribution in [3.63, 3.8) is 0 Å². The SMILES string of the molecule is CC(Oc1cccc2c1CCC2=O)C(=O)NC1CCCC1. The van der Waals surface area contributed by atoms with E-state index in [9.17, 15) is 9.59 Å². The zero-order valence-corrected chi connectivity index (χ0v) is 12.4. The van der Waals surface area contributed by atoms with E-state index in [2.05, 4.69) is 5.32 Å². The number of hydrogen-bond donors (Lipinski definition) is 1. The summed E-state index contributed by atoms with van der Waals surface area (Å²) < 4.78 is 5.81. The Hall–Kier alpha value is -1.84. The largest absolute Gasteiger partial charge is 0.481 e. The van der Waals surface area contributed by atoms with E-state index in [0.29, 0.717) is 24.6 Å². The van der Waals surface area contributed by atoms with E-state index >= 15 is 0 Å². The lowest BCUT2D eigenvalue weighted by Crippen LogP contribution is -2.41. The number of carbonyl (C=O) groups excluding carboxylic acids is 2. The predicted octanol–water partition coefficient (Wildman–Crippen LogP) is 2.64. The highest BCUT2D eigenvalue weighted by molar-refractivity contribution is 6.01. The number of ether oxygens (including phenoxy) is 1. The molecule has 0 spiro atoms. The van der Waals surface area contributed by atoms with E-state index in [1.54, 1.807) is 6.92 Å². The summed E-state index contributed by atoms with van der Waals surface area (Å²) in [6, 6.07) is 5.79. The Morgan fingerprint density at radius 1 is 1.29 bits per heavy atom. The highest BCUT2D eigenvalue weighted by atomic mass is 16.5. The van der Waals surface area contributed by atoms with Crippen LogP contribution in [-0.2, 0) is 11.2 Å². The van der Waals surface area contributed by atoms with Crippen molar-refractivity contribution >= 4 is 11.7 Å². The van der Waals surface area contributed by atoms with Gasteiger partial charge in [-0.1, -0.05) is 25.0 Å². The molecular formula is C17H21NO3. The number of hydrogen-bond acceptors (Lipinski definition) is 3. The van der Waals surface area contributed by atoms with Crippen molar-refractivity contribution in [2.75, 3.05) is 0 Å². The maximum absolute atomic E-state index is 12.2. The molecule has 1 saturated carbocycles. The van der Waals surface area contributed by atoms with Gasteiger partial charge in [0.05, 0.1) is 0 Å². The van der Waals surface area contributed by atoms with E-state index < -0.39 is 6.10 Å². The highest BCUT2D eigenvalue weighted by Gasteiger charge is 2.26. The van der Waals surface area contributed by atoms with Gasteiger partial charge in [-0.25, -0.2) is 0 Å². The molecule has 4 heteroatoms. The van der Waals surface area contributed by atoms with Gasteiger partial charge in [-0.05, 0) is 32.3 Å². The van der Waals surface area contributed by atoms with Crippen molar-refractivity contribution in [2.24, 2.45) is 0 Å². The van der Waals surface area contributed by atoms with Gasteiger partial charge in [0.2, 0.25) is 0 Å². The van der Waals surface area contributed by atoms with Crippen LogP contribution in [0.1, 0.15) is 54.9 Å². The molecule has 1 aromatic rings. The van der Waals surface area contributed by atoms with Crippen LogP contribution >= 0.6 is 0 Å². The van der Waals surface area contributed by atoms with Crippen molar-refractivity contribution in [1.29, 1.82) is 0 Å². The molecule has 3 rings (SSSR count). The van der Waals surface area contributed by atoms with Crippen LogP contribution < -0.4 is 10.1 Å². The second kappa shape index (κ2) is 5.88. The van der Waals surface area contributed by atoms with E-state index in [0.717, 1.165) is 24.0 Å². The van der Waals surface area contributed by atoms with Gasteiger partial charge in [0.15, 0.2) is 11.9 Å². The average molecular weight is 287 g/mol. The molecule has 1 atom stereocenters. The summed E-state index contributed by atoms with van der Waals surface area (Å²) in [6.07, 6.45) is 5.22. The molecule has 0 aromatic heterocycles. The molecular weight excluding hydrogens is 266 g/mol. The number of fused-ring (bicyclic) bond motifs is 1. The summed E-state index contributed by atoms with van der Waals surface area (Å²) in [5.41, 5.74) is 1.69. The van der Waals surface area contributed by atoms with Crippen molar-refractivity contribution in [1.82, 2.24) is 5.32 Å². The van der Waals surface area contributed by atoms with E-state index in [-0.39, 0.29) is 11.7 Å². The fraction of sp³-hybridized carbons (Fsp3) is 0.529. The number of Topliss-reactive ketones (excluding diaryl/α,β-unsaturated/α-hetero) is 1. The normalized spacial score (nSPS) is 19.4. The van der Waals surface area contributed by atoms with Crippen molar-refractivity contribution < 1.29 is 14.3 Å². The molecule has 0 aliphatic heterocycles. The summed E-state index contributed by atoms with van der Waals surface area (Å²) in [5, 5.41) is 3.04. The van der Waals surface area contributed by atoms with Gasteiger partial charge in [-0.2, -0.15) is 0 Å². The van der Waals surface area contributed by atoms with Crippen molar-refractivity contribution in [3.05, 3.63) is 29.3 Å². The van der Waals surface area contributed by atoms with Gasteiger partial charge in [-0.15, -0.1) is 0 Å². The minimum absolute atomic E-state index is 0.0659. The predicted molar refractivity (Wildman–Crippen MR) is 79.6 cm³/mol. The van der Waals surface area contributed by atoms with Gasteiger partial charge in [-0.3, -0.25) is 9.59 Å². The quantitative estimate of drug-likeness (QED) is 0.926. The molecule has 0 saturated heterocycles. The molecule has 0 radical (unpaired) electrons. The Morgan fingerprint density at radius 3 is 2.81 bits per heavy atom. The first kappa shape index (κ1) is 14.1. The fourth-order valence-corrected chi connectivity index (χ4v) is 3.20. The van der Waals surface area contributed by atoms with Crippen LogP contribution in [0.25, 0.3) is 0 Å². The number of nitrogens with one attached hydrogen (secondary N) is 1. The first-order chi connectivity index (χ1) is 10.1. The zero-order chi connectivity index (χ0) is 14.8. The van der Waals surface area contributed by atoms with Crippen LogP contribution in [0.2, 0.25) is 0 Å². The third-order valence-corrected chi connectivity index (χ3v) is 4.41. The van der Waals surface area contributed by atoms with Crippen LogP contribution in [0.3, 0.4) is 0 Å². The first-order valence-electron chi connectivity index (χ1n) is 7.77. The lowest BCUT2D eigenvalue weighted by Gasteiger charge is -2.19. The lowest BCUT2D eigenvalue weighted by molar-refractivity contribution is -0.127. The molecule has 0 heterocycles. The third kappa shape index (κ3) is 2.94. The Balaban J connectivity index is 1.66. The fourth-order valence-electron chi connectivity index (χ4n) is 3.20. The van der Waals surface area contributed by atoms with Gasteiger partial charge in [0.25, 0.3) is 5.91 Å². The Morgan fingerprint density at radius 2 is 2.05 bits per heavy atom. The number of amides is 1. The number of rotatable bonds is 4. The molecule has 1 N–H and O–H groups in total. The minimum Gasteiger partial charge on any atom is -0.481 e. The maximum Gasteiger partial charge on any atom is 0.260 e. The van der Waals surface area contributed by atoms with E-state index in [1.165, 1.54) is 12.8 Å². The van der Waals surface area contributed by atoms with Crippen molar-refractivity contribution in [3.8, 4) is 5.75 Å². The minimum atomic E-state index is -0.534. The number of carbonyl (C=O) groups is 2. The molecule has 21 heavy (non-hydrogen) atoms. The lowest BCUT2D eigenvalue weighted by atomic mass is 10.1.